The predicted molar refractivity (Wildman–Crippen MR) is 110 cm³/mol. The smallest absolute Gasteiger partial charge is 0.238 e. The van der Waals surface area contributed by atoms with Gasteiger partial charge in [0.2, 0.25) is 11.8 Å². The molecule has 2 amide bonds. The van der Waals surface area contributed by atoms with Gasteiger partial charge in [-0.2, -0.15) is 0 Å². The third-order valence-corrected chi connectivity index (χ3v) is 5.63. The van der Waals surface area contributed by atoms with E-state index in [9.17, 15) is 14.4 Å². The first kappa shape index (κ1) is 20.0. The van der Waals surface area contributed by atoms with Crippen molar-refractivity contribution in [3.63, 3.8) is 0 Å². The van der Waals surface area contributed by atoms with Crippen molar-refractivity contribution in [3.05, 3.63) is 65.7 Å². The van der Waals surface area contributed by atoms with E-state index in [1.165, 1.54) is 10.5 Å². The molecule has 1 heterocycles. The van der Waals surface area contributed by atoms with E-state index in [0.29, 0.717) is 12.1 Å². The molecule has 0 bridgehead atoms. The number of anilines is 1. The molecule has 1 saturated heterocycles. The first-order valence-corrected chi connectivity index (χ1v) is 9.63. The second-order valence-corrected chi connectivity index (χ2v) is 8.91. The summed E-state index contributed by atoms with van der Waals surface area (Å²) in [5.74, 6) is -1.20. The number of hydrogen-bond acceptors (Lipinski definition) is 3. The Morgan fingerprint density at radius 2 is 1.57 bits per heavy atom. The second kappa shape index (κ2) is 7.34. The van der Waals surface area contributed by atoms with Crippen LogP contribution in [0.4, 0.5) is 5.69 Å². The van der Waals surface area contributed by atoms with E-state index in [1.54, 1.807) is 31.2 Å². The van der Waals surface area contributed by atoms with Crippen LogP contribution in [0.3, 0.4) is 0 Å². The van der Waals surface area contributed by atoms with Gasteiger partial charge in [-0.15, -0.1) is 0 Å². The highest BCUT2D eigenvalue weighted by atomic mass is 16.2. The fourth-order valence-electron chi connectivity index (χ4n) is 3.80. The molecule has 0 aromatic heterocycles. The van der Waals surface area contributed by atoms with E-state index in [0.717, 1.165) is 11.8 Å². The van der Waals surface area contributed by atoms with Crippen LogP contribution in [0.15, 0.2) is 54.6 Å². The number of imide groups is 1. The van der Waals surface area contributed by atoms with Crippen molar-refractivity contribution in [1.82, 2.24) is 0 Å². The van der Waals surface area contributed by atoms with E-state index >= 15 is 0 Å². The summed E-state index contributed by atoms with van der Waals surface area (Å²) in [6.45, 7) is 8.23. The lowest BCUT2D eigenvalue weighted by Gasteiger charge is -2.29. The third-order valence-electron chi connectivity index (χ3n) is 5.63. The number of aldehydes is 1. The van der Waals surface area contributed by atoms with Crippen molar-refractivity contribution < 1.29 is 14.4 Å². The van der Waals surface area contributed by atoms with E-state index in [4.69, 9.17) is 0 Å². The van der Waals surface area contributed by atoms with Gasteiger partial charge in [0.25, 0.3) is 0 Å². The van der Waals surface area contributed by atoms with Crippen LogP contribution < -0.4 is 4.90 Å². The van der Waals surface area contributed by atoms with Crippen molar-refractivity contribution in [1.29, 1.82) is 0 Å². The molecule has 0 N–H and O–H groups in total. The van der Waals surface area contributed by atoms with E-state index in [2.05, 4.69) is 32.9 Å². The molecule has 1 aliphatic heterocycles. The minimum absolute atomic E-state index is 0.0521. The summed E-state index contributed by atoms with van der Waals surface area (Å²) in [5, 5.41) is 0. The van der Waals surface area contributed by atoms with E-state index < -0.39 is 11.3 Å². The van der Waals surface area contributed by atoms with Gasteiger partial charge in [-0.1, -0.05) is 70.2 Å². The summed E-state index contributed by atoms with van der Waals surface area (Å²) in [6, 6.07) is 17.1. The summed E-state index contributed by atoms with van der Waals surface area (Å²) in [4.78, 5) is 38.9. The maximum atomic E-state index is 13.0. The van der Waals surface area contributed by atoms with Crippen LogP contribution in [0.5, 0.6) is 0 Å². The molecule has 1 fully saturated rings. The molecule has 0 saturated carbocycles. The number of benzene rings is 2. The Labute approximate surface area is 166 Å². The lowest BCUT2D eigenvalue weighted by molar-refractivity contribution is -0.129. The van der Waals surface area contributed by atoms with Crippen LogP contribution in [0.25, 0.3) is 0 Å². The topological polar surface area (TPSA) is 54.5 Å². The average molecular weight is 377 g/mol. The molecule has 0 radical (unpaired) electrons. The maximum Gasteiger partial charge on any atom is 0.238 e. The quantitative estimate of drug-likeness (QED) is 0.576. The number of carbonyl (C=O) groups excluding carboxylic acids is 3. The first-order chi connectivity index (χ1) is 13.2. The Hall–Kier alpha value is -2.75. The molecular formula is C24H27NO3. The van der Waals surface area contributed by atoms with Crippen LogP contribution >= 0.6 is 0 Å². The molecule has 0 spiro atoms. The summed E-state index contributed by atoms with van der Waals surface area (Å²) in [7, 11) is 0. The fraction of sp³-hybridized carbons (Fsp3) is 0.375. The minimum Gasteiger partial charge on any atom is -0.303 e. The third kappa shape index (κ3) is 3.77. The number of para-hydroxylation sites is 1. The van der Waals surface area contributed by atoms with Gasteiger partial charge in [0.1, 0.15) is 6.29 Å². The molecule has 28 heavy (non-hydrogen) atoms. The van der Waals surface area contributed by atoms with Gasteiger partial charge in [-0.3, -0.25) is 14.5 Å². The highest BCUT2D eigenvalue weighted by molar-refractivity contribution is 6.21. The Morgan fingerprint density at radius 3 is 2.11 bits per heavy atom. The van der Waals surface area contributed by atoms with Crippen molar-refractivity contribution in [3.8, 4) is 0 Å². The number of amides is 2. The zero-order chi connectivity index (χ0) is 20.5. The lowest BCUT2D eigenvalue weighted by atomic mass is 9.72. The van der Waals surface area contributed by atoms with Gasteiger partial charge >= 0.3 is 0 Å². The number of rotatable bonds is 5. The van der Waals surface area contributed by atoms with Crippen molar-refractivity contribution in [2.45, 2.75) is 46.0 Å². The van der Waals surface area contributed by atoms with Crippen molar-refractivity contribution in [2.75, 3.05) is 4.90 Å². The van der Waals surface area contributed by atoms with Crippen LogP contribution in [-0.4, -0.2) is 18.1 Å². The highest BCUT2D eigenvalue weighted by Crippen LogP contribution is 2.39. The minimum atomic E-state index is -0.931. The van der Waals surface area contributed by atoms with Crippen LogP contribution in [0, 0.1) is 11.3 Å². The normalized spacial score (nSPS) is 19.6. The summed E-state index contributed by atoms with van der Waals surface area (Å²) >= 11 is 0. The second-order valence-electron chi connectivity index (χ2n) is 8.91. The molecular weight excluding hydrogens is 350 g/mol. The van der Waals surface area contributed by atoms with Crippen LogP contribution in [0.1, 0.15) is 45.2 Å². The van der Waals surface area contributed by atoms with Crippen LogP contribution in [0.2, 0.25) is 0 Å². The standard InChI is InChI=1S/C24H27NO3/c1-23(2,3)18-12-10-17(11-13-18)15-24(4,16-26)20-14-21(27)25(22(20)28)19-8-6-5-7-9-19/h5-13,16,20H,14-15H2,1-4H3/t20-,24?/m0/s1. The largest absolute Gasteiger partial charge is 0.303 e. The lowest BCUT2D eigenvalue weighted by Crippen LogP contribution is -2.38. The van der Waals surface area contributed by atoms with Crippen molar-refractivity contribution in [2.24, 2.45) is 11.3 Å². The zero-order valence-electron chi connectivity index (χ0n) is 16.9. The fourth-order valence-corrected chi connectivity index (χ4v) is 3.80. The summed E-state index contributed by atoms with van der Waals surface area (Å²) < 4.78 is 0. The highest BCUT2D eigenvalue weighted by Gasteiger charge is 2.49. The Bertz CT molecular complexity index is 880. The number of nitrogens with zero attached hydrogens (tertiary/aromatic N) is 1. The Kier molecular flexibility index (Phi) is 5.24. The monoisotopic (exact) mass is 377 g/mol. The van der Waals surface area contributed by atoms with E-state index in [1.807, 2.05) is 18.2 Å². The Balaban J connectivity index is 1.85. The predicted octanol–water partition coefficient (Wildman–Crippen LogP) is 4.31. The van der Waals surface area contributed by atoms with Gasteiger partial charge in [-0.05, 0) is 35.1 Å². The van der Waals surface area contributed by atoms with Crippen LogP contribution in [-0.2, 0) is 26.2 Å². The number of hydrogen-bond donors (Lipinski definition) is 0. The Morgan fingerprint density at radius 1 is 0.964 bits per heavy atom. The molecule has 1 aliphatic rings. The van der Waals surface area contributed by atoms with Gasteiger partial charge in [0.05, 0.1) is 11.6 Å². The first-order valence-electron chi connectivity index (χ1n) is 9.63. The van der Waals surface area contributed by atoms with Gasteiger partial charge in [0, 0.05) is 11.8 Å². The molecule has 2 atom stereocenters. The molecule has 4 heteroatoms. The van der Waals surface area contributed by atoms with E-state index in [-0.39, 0.29) is 23.7 Å². The molecule has 4 nitrogen and oxygen atoms in total. The molecule has 2 aromatic carbocycles. The molecule has 146 valence electrons. The SMILES string of the molecule is CC(C)(C)c1ccc(CC(C)(C=O)[C@H]2CC(=O)N(c3ccccc3)C2=O)cc1. The maximum absolute atomic E-state index is 13.0. The molecule has 2 aromatic rings. The average Bonchev–Trinajstić information content (AvgIpc) is 2.97. The van der Waals surface area contributed by atoms with Gasteiger partial charge in [0.15, 0.2) is 0 Å². The summed E-state index contributed by atoms with van der Waals surface area (Å²) in [5.41, 5.74) is 1.88. The van der Waals surface area contributed by atoms with Gasteiger partial charge in [-0.25, -0.2) is 0 Å². The number of carbonyl (C=O) groups is 3. The molecule has 3 rings (SSSR count). The van der Waals surface area contributed by atoms with Gasteiger partial charge < -0.3 is 4.79 Å². The van der Waals surface area contributed by atoms with Crippen molar-refractivity contribution >= 4 is 23.8 Å². The zero-order valence-corrected chi connectivity index (χ0v) is 16.9. The summed E-state index contributed by atoms with van der Waals surface area (Å²) in [6.07, 6.45) is 1.32. The molecule has 0 aliphatic carbocycles. The molecule has 1 unspecified atom stereocenters.